The predicted octanol–water partition coefficient (Wildman–Crippen LogP) is 2.46. The lowest BCUT2D eigenvalue weighted by molar-refractivity contribution is 0.209. The van der Waals surface area contributed by atoms with Crippen LogP contribution in [0.15, 0.2) is 30.7 Å². The van der Waals surface area contributed by atoms with Crippen molar-refractivity contribution >= 4 is 0 Å². The Labute approximate surface area is 123 Å². The average molecular weight is 286 g/mol. The fourth-order valence-electron chi connectivity index (χ4n) is 2.71. The number of nitrogens with zero attached hydrogens (tertiary/aromatic N) is 2. The Kier molecular flexibility index (Phi) is 3.07. The van der Waals surface area contributed by atoms with Crippen LogP contribution in [0.3, 0.4) is 0 Å². The van der Waals surface area contributed by atoms with Gasteiger partial charge in [0.15, 0.2) is 11.5 Å². The first kappa shape index (κ1) is 12.7. The van der Waals surface area contributed by atoms with Crippen LogP contribution in [0.25, 0.3) is 0 Å². The number of imidazole rings is 1. The topological polar surface area (TPSA) is 56.5 Å². The van der Waals surface area contributed by atoms with Gasteiger partial charge in [-0.05, 0) is 30.5 Å². The zero-order valence-electron chi connectivity index (χ0n) is 11.7. The van der Waals surface area contributed by atoms with Gasteiger partial charge in [-0.15, -0.1) is 0 Å². The highest BCUT2D eigenvalue weighted by Gasteiger charge is 2.28. The van der Waals surface area contributed by atoms with Crippen LogP contribution in [0, 0.1) is 0 Å². The summed E-state index contributed by atoms with van der Waals surface area (Å²) in [5.74, 6) is 1.46. The van der Waals surface area contributed by atoms with E-state index in [4.69, 9.17) is 9.47 Å². The van der Waals surface area contributed by atoms with E-state index in [1.54, 1.807) is 12.5 Å². The molecule has 1 aliphatic carbocycles. The molecule has 110 valence electrons. The van der Waals surface area contributed by atoms with Gasteiger partial charge in [0, 0.05) is 12.5 Å². The lowest BCUT2D eigenvalue weighted by atomic mass is 10.1. The van der Waals surface area contributed by atoms with E-state index in [9.17, 15) is 5.11 Å². The highest BCUT2D eigenvalue weighted by molar-refractivity contribution is 5.45. The molecular weight excluding hydrogens is 268 g/mol. The average Bonchev–Trinajstić information content (AvgIpc) is 3.28. The van der Waals surface area contributed by atoms with E-state index >= 15 is 0 Å². The van der Waals surface area contributed by atoms with Crippen molar-refractivity contribution in [2.45, 2.75) is 31.4 Å². The minimum Gasteiger partial charge on any atom is -0.490 e. The fourth-order valence-corrected chi connectivity index (χ4v) is 2.71. The summed E-state index contributed by atoms with van der Waals surface area (Å²) < 4.78 is 13.4. The molecule has 1 unspecified atom stereocenters. The first-order valence-corrected chi connectivity index (χ1v) is 7.42. The normalized spacial score (nSPS) is 19.1. The molecule has 21 heavy (non-hydrogen) atoms. The van der Waals surface area contributed by atoms with Crippen LogP contribution in [0.1, 0.15) is 42.7 Å². The number of hydrogen-bond acceptors (Lipinski definition) is 4. The molecule has 5 heteroatoms. The molecule has 1 atom stereocenters. The van der Waals surface area contributed by atoms with Gasteiger partial charge in [0.05, 0.1) is 31.4 Å². The Morgan fingerprint density at radius 2 is 2.00 bits per heavy atom. The maximum atomic E-state index is 10.7. The Morgan fingerprint density at radius 3 is 2.81 bits per heavy atom. The third-order valence-electron chi connectivity index (χ3n) is 4.00. The van der Waals surface area contributed by atoms with Gasteiger partial charge in [-0.25, -0.2) is 4.98 Å². The van der Waals surface area contributed by atoms with E-state index in [1.807, 2.05) is 18.2 Å². The van der Waals surface area contributed by atoms with E-state index in [2.05, 4.69) is 9.55 Å². The summed E-state index contributed by atoms with van der Waals surface area (Å²) in [6.07, 6.45) is 6.06. The molecule has 1 aromatic heterocycles. The summed E-state index contributed by atoms with van der Waals surface area (Å²) in [6, 6.07) is 6.13. The van der Waals surface area contributed by atoms with Gasteiger partial charge in [0.25, 0.3) is 0 Å². The molecule has 1 aromatic carbocycles. The maximum Gasteiger partial charge on any atom is 0.161 e. The number of aliphatic hydroxyl groups is 1. The molecular formula is C16H18N2O3. The van der Waals surface area contributed by atoms with Gasteiger partial charge in [0.1, 0.15) is 6.10 Å². The van der Waals surface area contributed by atoms with Crippen molar-refractivity contribution in [3.8, 4) is 11.5 Å². The van der Waals surface area contributed by atoms with E-state index in [0.29, 0.717) is 25.0 Å². The first-order chi connectivity index (χ1) is 10.3. The smallest absolute Gasteiger partial charge is 0.161 e. The standard InChI is InChI=1S/C16H18N2O3/c19-16(13-9-17-10-18(13)12-3-4-12)11-2-5-14-15(8-11)21-7-1-6-20-14/h2,5,8-10,12,16,19H,1,3-4,6-7H2. The van der Waals surface area contributed by atoms with Crippen LogP contribution in [0.4, 0.5) is 0 Å². The molecule has 1 aliphatic heterocycles. The SMILES string of the molecule is OC(c1ccc2c(c1)OCCCO2)c1cncn1C1CC1. The molecule has 1 saturated carbocycles. The van der Waals surface area contributed by atoms with Gasteiger partial charge in [-0.2, -0.15) is 0 Å². The summed E-state index contributed by atoms with van der Waals surface area (Å²) in [7, 11) is 0. The van der Waals surface area contributed by atoms with Crippen molar-refractivity contribution in [2.75, 3.05) is 13.2 Å². The zero-order valence-corrected chi connectivity index (χ0v) is 11.7. The number of ether oxygens (including phenoxy) is 2. The molecule has 0 spiro atoms. The summed E-state index contributed by atoms with van der Waals surface area (Å²) in [5.41, 5.74) is 1.65. The lowest BCUT2D eigenvalue weighted by Gasteiger charge is -2.16. The number of fused-ring (bicyclic) bond motifs is 1. The predicted molar refractivity (Wildman–Crippen MR) is 76.6 cm³/mol. The maximum absolute atomic E-state index is 10.7. The molecule has 5 nitrogen and oxygen atoms in total. The first-order valence-electron chi connectivity index (χ1n) is 7.42. The van der Waals surface area contributed by atoms with E-state index < -0.39 is 6.10 Å². The minimum atomic E-state index is -0.690. The second-order valence-electron chi connectivity index (χ2n) is 5.62. The largest absolute Gasteiger partial charge is 0.490 e. The molecule has 1 fully saturated rings. The number of benzene rings is 1. The van der Waals surface area contributed by atoms with Crippen LogP contribution in [-0.4, -0.2) is 27.9 Å². The molecule has 2 aromatic rings. The van der Waals surface area contributed by atoms with E-state index in [1.165, 1.54) is 0 Å². The summed E-state index contributed by atoms with van der Waals surface area (Å²) in [5, 5.41) is 10.7. The Hall–Kier alpha value is -2.01. The molecule has 4 rings (SSSR count). The molecule has 0 radical (unpaired) electrons. The van der Waals surface area contributed by atoms with Crippen molar-refractivity contribution in [3.05, 3.63) is 42.0 Å². The molecule has 2 aliphatic rings. The minimum absolute atomic E-state index is 0.498. The van der Waals surface area contributed by atoms with Gasteiger partial charge < -0.3 is 19.1 Å². The van der Waals surface area contributed by atoms with Gasteiger partial charge in [0.2, 0.25) is 0 Å². The Balaban J connectivity index is 1.66. The second-order valence-corrected chi connectivity index (χ2v) is 5.62. The van der Waals surface area contributed by atoms with Crippen molar-refractivity contribution in [1.82, 2.24) is 9.55 Å². The number of hydrogen-bond donors (Lipinski definition) is 1. The van der Waals surface area contributed by atoms with E-state index in [0.717, 1.165) is 36.3 Å². The Bertz CT molecular complexity index is 649. The Morgan fingerprint density at radius 1 is 1.19 bits per heavy atom. The van der Waals surface area contributed by atoms with Crippen molar-refractivity contribution in [3.63, 3.8) is 0 Å². The molecule has 0 amide bonds. The third kappa shape index (κ3) is 2.38. The van der Waals surface area contributed by atoms with Crippen LogP contribution in [0.2, 0.25) is 0 Å². The zero-order chi connectivity index (χ0) is 14.2. The third-order valence-corrected chi connectivity index (χ3v) is 4.00. The van der Waals surface area contributed by atoms with Crippen molar-refractivity contribution in [2.24, 2.45) is 0 Å². The van der Waals surface area contributed by atoms with Gasteiger partial charge >= 0.3 is 0 Å². The summed E-state index contributed by atoms with van der Waals surface area (Å²) >= 11 is 0. The molecule has 2 heterocycles. The molecule has 0 bridgehead atoms. The van der Waals surface area contributed by atoms with Crippen molar-refractivity contribution in [1.29, 1.82) is 0 Å². The highest BCUT2D eigenvalue weighted by Crippen LogP contribution is 2.39. The molecule has 1 N–H and O–H groups in total. The van der Waals surface area contributed by atoms with Gasteiger partial charge in [-0.1, -0.05) is 6.07 Å². The monoisotopic (exact) mass is 286 g/mol. The number of rotatable bonds is 3. The van der Waals surface area contributed by atoms with Crippen LogP contribution < -0.4 is 9.47 Å². The van der Waals surface area contributed by atoms with Crippen LogP contribution >= 0.6 is 0 Å². The van der Waals surface area contributed by atoms with Crippen LogP contribution in [0.5, 0.6) is 11.5 Å². The quantitative estimate of drug-likeness (QED) is 0.941. The lowest BCUT2D eigenvalue weighted by Crippen LogP contribution is -2.07. The van der Waals surface area contributed by atoms with E-state index in [-0.39, 0.29) is 0 Å². The number of aliphatic hydroxyl groups excluding tert-OH is 1. The van der Waals surface area contributed by atoms with Gasteiger partial charge in [-0.3, -0.25) is 0 Å². The van der Waals surface area contributed by atoms with Crippen molar-refractivity contribution < 1.29 is 14.6 Å². The van der Waals surface area contributed by atoms with Crippen LogP contribution in [-0.2, 0) is 0 Å². The molecule has 0 saturated heterocycles. The highest BCUT2D eigenvalue weighted by atomic mass is 16.5. The second kappa shape index (κ2) is 5.07. The summed E-state index contributed by atoms with van der Waals surface area (Å²) in [6.45, 7) is 1.32. The number of aromatic nitrogens is 2. The fraction of sp³-hybridized carbons (Fsp3) is 0.438. The summed E-state index contributed by atoms with van der Waals surface area (Å²) in [4.78, 5) is 4.18.